The Kier molecular flexibility index (Phi) is 5.38. The highest BCUT2D eigenvalue weighted by molar-refractivity contribution is 7.10. The van der Waals surface area contributed by atoms with Gasteiger partial charge >= 0.3 is 5.97 Å². The van der Waals surface area contributed by atoms with Crippen molar-refractivity contribution in [3.63, 3.8) is 0 Å². The lowest BCUT2D eigenvalue weighted by Gasteiger charge is -2.18. The third-order valence-electron chi connectivity index (χ3n) is 2.28. The van der Waals surface area contributed by atoms with Crippen LogP contribution in [0.4, 0.5) is 0 Å². The molecular formula is C13H19NO2S. The molecule has 0 spiro atoms. The maximum absolute atomic E-state index is 10.5. The summed E-state index contributed by atoms with van der Waals surface area (Å²) in [6.07, 6.45) is 2.85. The number of carbonyl (C=O) groups is 1. The molecule has 0 fully saturated rings. The molecular weight excluding hydrogens is 234 g/mol. The molecule has 1 N–H and O–H groups in total. The zero-order valence-electron chi connectivity index (χ0n) is 10.5. The molecule has 0 aliphatic carbocycles. The number of carboxylic acid groups (broad SMARTS) is 1. The van der Waals surface area contributed by atoms with Crippen molar-refractivity contribution in [2.75, 3.05) is 13.6 Å². The summed E-state index contributed by atoms with van der Waals surface area (Å²) in [6, 6.07) is 1.96. The van der Waals surface area contributed by atoms with Crippen molar-refractivity contribution in [1.82, 2.24) is 4.90 Å². The Labute approximate surface area is 106 Å². The van der Waals surface area contributed by atoms with Gasteiger partial charge in [0, 0.05) is 24.0 Å². The summed E-state index contributed by atoms with van der Waals surface area (Å²) >= 11 is 1.67. The van der Waals surface area contributed by atoms with Crippen LogP contribution in [0.1, 0.15) is 24.3 Å². The highest BCUT2D eigenvalue weighted by Crippen LogP contribution is 2.20. The molecule has 17 heavy (non-hydrogen) atoms. The van der Waals surface area contributed by atoms with Crippen LogP contribution in [-0.2, 0) is 11.3 Å². The quantitative estimate of drug-likeness (QED) is 0.792. The SMILES string of the molecule is CC(C)CN(C)Cc1sccc1C=CC(=O)O. The first-order valence-corrected chi connectivity index (χ1v) is 6.53. The maximum atomic E-state index is 10.5. The molecule has 0 amide bonds. The summed E-state index contributed by atoms with van der Waals surface area (Å²) in [5.41, 5.74) is 1.01. The molecule has 4 heteroatoms. The third kappa shape index (κ3) is 5.15. The normalized spacial score (nSPS) is 11.8. The number of nitrogens with zero attached hydrogens (tertiary/aromatic N) is 1. The van der Waals surface area contributed by atoms with Crippen LogP contribution in [-0.4, -0.2) is 29.6 Å². The Morgan fingerprint density at radius 1 is 1.59 bits per heavy atom. The molecule has 1 aromatic rings. The van der Waals surface area contributed by atoms with E-state index >= 15 is 0 Å². The minimum atomic E-state index is -0.905. The first-order valence-electron chi connectivity index (χ1n) is 5.65. The Morgan fingerprint density at radius 2 is 2.29 bits per heavy atom. The number of thiophene rings is 1. The lowest BCUT2D eigenvalue weighted by molar-refractivity contribution is -0.131. The first kappa shape index (κ1) is 13.9. The van der Waals surface area contributed by atoms with Crippen molar-refractivity contribution in [1.29, 1.82) is 0 Å². The van der Waals surface area contributed by atoms with Gasteiger partial charge < -0.3 is 10.0 Å². The molecule has 1 heterocycles. The highest BCUT2D eigenvalue weighted by Gasteiger charge is 2.07. The lowest BCUT2D eigenvalue weighted by Crippen LogP contribution is -2.22. The summed E-state index contributed by atoms with van der Waals surface area (Å²) in [7, 11) is 2.09. The molecule has 0 unspecified atom stereocenters. The Balaban J connectivity index is 2.65. The molecule has 94 valence electrons. The van der Waals surface area contributed by atoms with Crippen LogP contribution in [0.2, 0.25) is 0 Å². The second-order valence-corrected chi connectivity index (χ2v) is 5.56. The summed E-state index contributed by atoms with van der Waals surface area (Å²) in [5, 5.41) is 10.6. The van der Waals surface area contributed by atoms with Crippen LogP contribution >= 0.6 is 11.3 Å². The van der Waals surface area contributed by atoms with Crippen LogP contribution < -0.4 is 0 Å². The van der Waals surface area contributed by atoms with Crippen molar-refractivity contribution in [2.45, 2.75) is 20.4 Å². The Morgan fingerprint density at radius 3 is 2.88 bits per heavy atom. The van der Waals surface area contributed by atoms with E-state index in [4.69, 9.17) is 5.11 Å². The van der Waals surface area contributed by atoms with Gasteiger partial charge in [-0.3, -0.25) is 0 Å². The van der Waals surface area contributed by atoms with Gasteiger partial charge in [0.05, 0.1) is 0 Å². The molecule has 0 saturated carbocycles. The topological polar surface area (TPSA) is 40.5 Å². The fraction of sp³-hybridized carbons (Fsp3) is 0.462. The van der Waals surface area contributed by atoms with Gasteiger partial charge in [-0.15, -0.1) is 11.3 Å². The van der Waals surface area contributed by atoms with Crippen LogP contribution in [0.25, 0.3) is 6.08 Å². The maximum Gasteiger partial charge on any atom is 0.328 e. The van der Waals surface area contributed by atoms with Gasteiger partial charge in [-0.2, -0.15) is 0 Å². The number of carboxylic acids is 1. The van der Waals surface area contributed by atoms with Gasteiger partial charge in [0.25, 0.3) is 0 Å². The third-order valence-corrected chi connectivity index (χ3v) is 3.20. The fourth-order valence-electron chi connectivity index (χ4n) is 1.72. The molecule has 0 aliphatic heterocycles. The molecule has 0 aliphatic rings. The zero-order chi connectivity index (χ0) is 12.8. The van der Waals surface area contributed by atoms with Crippen molar-refractivity contribution >= 4 is 23.4 Å². The van der Waals surface area contributed by atoms with Crippen LogP contribution in [0.15, 0.2) is 17.5 Å². The van der Waals surface area contributed by atoms with E-state index in [1.807, 2.05) is 11.4 Å². The molecule has 0 aromatic carbocycles. The number of aliphatic carboxylic acids is 1. The summed E-state index contributed by atoms with van der Waals surface area (Å²) in [5.74, 6) is -0.268. The lowest BCUT2D eigenvalue weighted by atomic mass is 10.2. The molecule has 0 saturated heterocycles. The van der Waals surface area contributed by atoms with Crippen LogP contribution in [0, 0.1) is 5.92 Å². The molecule has 3 nitrogen and oxygen atoms in total. The van der Waals surface area contributed by atoms with E-state index in [1.54, 1.807) is 17.4 Å². The standard InChI is InChI=1S/C13H19NO2S/c1-10(2)8-14(3)9-12-11(6-7-17-12)4-5-13(15)16/h4-7,10H,8-9H2,1-3H3,(H,15,16). The van der Waals surface area contributed by atoms with E-state index in [9.17, 15) is 4.79 Å². The zero-order valence-corrected chi connectivity index (χ0v) is 11.3. The number of hydrogen-bond acceptors (Lipinski definition) is 3. The van der Waals surface area contributed by atoms with Gasteiger partial charge in [0.2, 0.25) is 0 Å². The van der Waals surface area contributed by atoms with Gasteiger partial charge in [-0.25, -0.2) is 4.79 Å². The average molecular weight is 253 g/mol. The summed E-state index contributed by atoms with van der Waals surface area (Å²) in [6.45, 7) is 6.29. The second-order valence-electron chi connectivity index (χ2n) is 4.56. The minimum Gasteiger partial charge on any atom is -0.478 e. The smallest absolute Gasteiger partial charge is 0.328 e. The van der Waals surface area contributed by atoms with E-state index in [0.717, 1.165) is 18.7 Å². The number of rotatable bonds is 6. The highest BCUT2D eigenvalue weighted by atomic mass is 32.1. The van der Waals surface area contributed by atoms with Crippen LogP contribution in [0.3, 0.4) is 0 Å². The molecule has 0 radical (unpaired) electrons. The Hall–Kier alpha value is -1.13. The van der Waals surface area contributed by atoms with Crippen molar-refractivity contribution < 1.29 is 9.90 Å². The van der Waals surface area contributed by atoms with Crippen molar-refractivity contribution in [3.05, 3.63) is 28.0 Å². The van der Waals surface area contributed by atoms with Gasteiger partial charge in [-0.1, -0.05) is 13.8 Å². The average Bonchev–Trinajstić information content (AvgIpc) is 2.60. The van der Waals surface area contributed by atoms with E-state index in [1.165, 1.54) is 11.0 Å². The van der Waals surface area contributed by atoms with Gasteiger partial charge in [0.15, 0.2) is 0 Å². The van der Waals surface area contributed by atoms with E-state index < -0.39 is 5.97 Å². The minimum absolute atomic E-state index is 0.637. The van der Waals surface area contributed by atoms with Gasteiger partial charge in [-0.05, 0) is 36.1 Å². The fourth-order valence-corrected chi connectivity index (χ4v) is 2.67. The van der Waals surface area contributed by atoms with E-state index in [2.05, 4.69) is 25.8 Å². The molecule has 0 atom stereocenters. The Bertz CT molecular complexity index is 396. The van der Waals surface area contributed by atoms with Crippen molar-refractivity contribution in [2.24, 2.45) is 5.92 Å². The predicted octanol–water partition coefficient (Wildman–Crippen LogP) is 2.93. The van der Waals surface area contributed by atoms with Crippen LogP contribution in [0.5, 0.6) is 0 Å². The summed E-state index contributed by atoms with van der Waals surface area (Å²) < 4.78 is 0. The van der Waals surface area contributed by atoms with Crippen molar-refractivity contribution in [3.8, 4) is 0 Å². The summed E-state index contributed by atoms with van der Waals surface area (Å²) in [4.78, 5) is 14.0. The largest absolute Gasteiger partial charge is 0.478 e. The monoisotopic (exact) mass is 253 g/mol. The second kappa shape index (κ2) is 6.57. The molecule has 1 rings (SSSR count). The van der Waals surface area contributed by atoms with E-state index in [0.29, 0.717) is 5.92 Å². The van der Waals surface area contributed by atoms with Gasteiger partial charge in [0.1, 0.15) is 0 Å². The predicted molar refractivity (Wildman–Crippen MR) is 72.2 cm³/mol. The molecule has 0 bridgehead atoms. The molecule has 1 aromatic heterocycles. The van der Waals surface area contributed by atoms with E-state index in [-0.39, 0.29) is 0 Å². The number of hydrogen-bond donors (Lipinski definition) is 1. The first-order chi connectivity index (χ1) is 7.99.